The van der Waals surface area contributed by atoms with E-state index in [2.05, 4.69) is 5.32 Å². The summed E-state index contributed by atoms with van der Waals surface area (Å²) in [5.74, 6) is 0.536. The molecule has 2 aromatic rings. The van der Waals surface area contributed by atoms with Crippen molar-refractivity contribution in [2.75, 3.05) is 17.6 Å². The van der Waals surface area contributed by atoms with E-state index < -0.39 is 0 Å². The summed E-state index contributed by atoms with van der Waals surface area (Å²) < 4.78 is 13.1. The molecule has 2 aromatic carbocycles. The number of carbonyl (C=O) groups excluding carboxylic acids is 1. The molecule has 0 spiro atoms. The molecule has 1 atom stereocenters. The van der Waals surface area contributed by atoms with Crippen molar-refractivity contribution in [1.29, 1.82) is 5.26 Å². The molecule has 6 heteroatoms. The first kappa shape index (κ1) is 15.4. The van der Waals surface area contributed by atoms with Crippen LogP contribution in [0.25, 0.3) is 0 Å². The van der Waals surface area contributed by atoms with Gasteiger partial charge in [0.1, 0.15) is 11.2 Å². The second kappa shape index (κ2) is 6.71. The van der Waals surface area contributed by atoms with Crippen molar-refractivity contribution in [2.24, 2.45) is 0 Å². The standard InChI is InChI=1S/C17H14FN3OS/c18-14-6-4-13(5-7-14)16-21(8-9-23-16)17(22)20-15-3-1-2-12(10-15)11-19/h1-7,10,16H,8-9H2,(H,20,22). The van der Waals surface area contributed by atoms with Crippen molar-refractivity contribution in [2.45, 2.75) is 5.37 Å². The van der Waals surface area contributed by atoms with Gasteiger partial charge in [0.2, 0.25) is 0 Å². The number of thioether (sulfide) groups is 1. The number of rotatable bonds is 2. The number of amides is 2. The Kier molecular flexibility index (Phi) is 4.49. The first-order valence-corrected chi connectivity index (χ1v) is 8.17. The lowest BCUT2D eigenvalue weighted by molar-refractivity contribution is 0.214. The van der Waals surface area contributed by atoms with E-state index in [0.29, 0.717) is 17.8 Å². The molecule has 0 aliphatic carbocycles. The number of benzene rings is 2. The van der Waals surface area contributed by atoms with Crippen LogP contribution in [0.1, 0.15) is 16.5 Å². The number of carbonyl (C=O) groups is 1. The van der Waals surface area contributed by atoms with Crippen LogP contribution in [-0.2, 0) is 0 Å². The van der Waals surface area contributed by atoms with Gasteiger partial charge in [0.25, 0.3) is 0 Å². The van der Waals surface area contributed by atoms with Crippen LogP contribution in [-0.4, -0.2) is 23.2 Å². The summed E-state index contributed by atoms with van der Waals surface area (Å²) in [6, 6.07) is 14.8. The average molecular weight is 327 g/mol. The van der Waals surface area contributed by atoms with Crippen LogP contribution in [0.15, 0.2) is 48.5 Å². The molecule has 2 amide bonds. The Morgan fingerprint density at radius 2 is 2.09 bits per heavy atom. The third-order valence-electron chi connectivity index (χ3n) is 3.55. The van der Waals surface area contributed by atoms with E-state index in [1.807, 2.05) is 6.07 Å². The Bertz CT molecular complexity index is 757. The molecule has 1 fully saturated rings. The van der Waals surface area contributed by atoms with Gasteiger partial charge in [0.05, 0.1) is 11.6 Å². The highest BCUT2D eigenvalue weighted by Crippen LogP contribution is 2.38. The highest BCUT2D eigenvalue weighted by atomic mass is 32.2. The van der Waals surface area contributed by atoms with Gasteiger partial charge in [-0.3, -0.25) is 0 Å². The first-order chi connectivity index (χ1) is 11.2. The van der Waals surface area contributed by atoms with Gasteiger partial charge in [-0.1, -0.05) is 18.2 Å². The van der Waals surface area contributed by atoms with Gasteiger partial charge in [0, 0.05) is 18.0 Å². The maximum Gasteiger partial charge on any atom is 0.323 e. The molecular formula is C17H14FN3OS. The fourth-order valence-electron chi connectivity index (χ4n) is 2.44. The molecule has 0 radical (unpaired) electrons. The highest BCUT2D eigenvalue weighted by Gasteiger charge is 2.30. The van der Waals surface area contributed by atoms with E-state index in [0.717, 1.165) is 11.3 Å². The normalized spacial score (nSPS) is 16.9. The lowest BCUT2D eigenvalue weighted by atomic mass is 10.2. The van der Waals surface area contributed by atoms with Crippen LogP contribution in [0.2, 0.25) is 0 Å². The second-order valence-corrected chi connectivity index (χ2v) is 6.28. The molecule has 1 N–H and O–H groups in total. The first-order valence-electron chi connectivity index (χ1n) is 7.12. The van der Waals surface area contributed by atoms with Gasteiger partial charge in [-0.05, 0) is 35.9 Å². The van der Waals surface area contributed by atoms with Gasteiger partial charge < -0.3 is 10.2 Å². The molecule has 23 heavy (non-hydrogen) atoms. The van der Waals surface area contributed by atoms with Crippen molar-refractivity contribution in [3.63, 3.8) is 0 Å². The minimum absolute atomic E-state index is 0.130. The maximum absolute atomic E-state index is 13.1. The minimum Gasteiger partial charge on any atom is -0.308 e. The number of nitrogens with zero attached hydrogens (tertiary/aromatic N) is 2. The number of halogens is 1. The second-order valence-electron chi connectivity index (χ2n) is 5.09. The zero-order valence-corrected chi connectivity index (χ0v) is 13.0. The predicted octanol–water partition coefficient (Wildman–Crippen LogP) is 3.98. The van der Waals surface area contributed by atoms with Gasteiger partial charge in [-0.15, -0.1) is 11.8 Å². The fraction of sp³-hybridized carbons (Fsp3) is 0.176. The Morgan fingerprint density at radius 3 is 2.83 bits per heavy atom. The van der Waals surface area contributed by atoms with Crippen LogP contribution in [0.4, 0.5) is 14.9 Å². The summed E-state index contributed by atoms with van der Waals surface area (Å²) in [5, 5.41) is 11.6. The zero-order chi connectivity index (χ0) is 16.2. The summed E-state index contributed by atoms with van der Waals surface area (Å²) in [6.07, 6.45) is 0. The third-order valence-corrected chi connectivity index (χ3v) is 4.81. The Labute approximate surface area is 137 Å². The Balaban J connectivity index is 1.75. The van der Waals surface area contributed by atoms with E-state index in [9.17, 15) is 9.18 Å². The molecule has 4 nitrogen and oxygen atoms in total. The number of hydrogen-bond acceptors (Lipinski definition) is 3. The van der Waals surface area contributed by atoms with Crippen molar-refractivity contribution >= 4 is 23.5 Å². The van der Waals surface area contributed by atoms with Gasteiger partial charge in [0.15, 0.2) is 0 Å². The number of hydrogen-bond donors (Lipinski definition) is 1. The van der Waals surface area contributed by atoms with Crippen LogP contribution in [0.3, 0.4) is 0 Å². The summed E-state index contributed by atoms with van der Waals surface area (Å²) in [6.45, 7) is 0.622. The van der Waals surface area contributed by atoms with Gasteiger partial charge in [-0.2, -0.15) is 5.26 Å². The topological polar surface area (TPSA) is 56.1 Å². The third kappa shape index (κ3) is 3.46. The zero-order valence-electron chi connectivity index (χ0n) is 12.2. The van der Waals surface area contributed by atoms with Crippen LogP contribution >= 0.6 is 11.8 Å². The molecule has 1 saturated heterocycles. The van der Waals surface area contributed by atoms with Crippen LogP contribution in [0, 0.1) is 17.1 Å². The number of nitriles is 1. The summed E-state index contributed by atoms with van der Waals surface area (Å²) >= 11 is 1.65. The summed E-state index contributed by atoms with van der Waals surface area (Å²) in [5.41, 5.74) is 1.98. The Hall–Kier alpha value is -2.52. The highest BCUT2D eigenvalue weighted by molar-refractivity contribution is 7.99. The maximum atomic E-state index is 13.1. The smallest absolute Gasteiger partial charge is 0.308 e. The molecule has 116 valence electrons. The van der Waals surface area contributed by atoms with E-state index in [1.165, 1.54) is 12.1 Å². The fourth-order valence-corrected chi connectivity index (χ4v) is 3.70. The average Bonchev–Trinajstić information content (AvgIpc) is 3.05. The number of urea groups is 1. The van der Waals surface area contributed by atoms with Crippen molar-refractivity contribution in [1.82, 2.24) is 4.90 Å². The Morgan fingerprint density at radius 1 is 1.30 bits per heavy atom. The van der Waals surface area contributed by atoms with Crippen molar-refractivity contribution in [3.05, 3.63) is 65.5 Å². The van der Waals surface area contributed by atoms with E-state index in [1.54, 1.807) is 53.1 Å². The van der Waals surface area contributed by atoms with Gasteiger partial charge in [-0.25, -0.2) is 9.18 Å². The van der Waals surface area contributed by atoms with Crippen molar-refractivity contribution in [3.8, 4) is 6.07 Å². The minimum atomic E-state index is -0.291. The molecule has 0 bridgehead atoms. The molecule has 1 unspecified atom stereocenters. The van der Waals surface area contributed by atoms with Gasteiger partial charge >= 0.3 is 6.03 Å². The lowest BCUT2D eigenvalue weighted by Crippen LogP contribution is -2.34. The van der Waals surface area contributed by atoms with E-state index in [4.69, 9.17) is 5.26 Å². The molecule has 1 aliphatic heterocycles. The number of anilines is 1. The summed E-state index contributed by atoms with van der Waals surface area (Å²) in [4.78, 5) is 14.2. The van der Waals surface area contributed by atoms with Crippen LogP contribution < -0.4 is 5.32 Å². The van der Waals surface area contributed by atoms with Crippen LogP contribution in [0.5, 0.6) is 0 Å². The molecular weight excluding hydrogens is 313 g/mol. The molecule has 1 heterocycles. The van der Waals surface area contributed by atoms with E-state index >= 15 is 0 Å². The lowest BCUT2D eigenvalue weighted by Gasteiger charge is -2.24. The van der Waals surface area contributed by atoms with Crippen molar-refractivity contribution < 1.29 is 9.18 Å². The van der Waals surface area contributed by atoms with E-state index in [-0.39, 0.29) is 17.2 Å². The molecule has 1 aliphatic rings. The molecule has 0 aromatic heterocycles. The molecule has 3 rings (SSSR count). The quantitative estimate of drug-likeness (QED) is 0.908. The molecule has 0 saturated carbocycles. The monoisotopic (exact) mass is 327 g/mol. The summed E-state index contributed by atoms with van der Waals surface area (Å²) in [7, 11) is 0. The largest absolute Gasteiger partial charge is 0.323 e. The number of nitrogens with one attached hydrogen (secondary N) is 1. The SMILES string of the molecule is N#Cc1cccc(NC(=O)N2CCSC2c2ccc(F)cc2)c1. The predicted molar refractivity (Wildman–Crippen MR) is 88.5 cm³/mol.